The van der Waals surface area contributed by atoms with E-state index in [1.54, 1.807) is 0 Å². The maximum atomic E-state index is 4.65. The average molecular weight is 282 g/mol. The van der Waals surface area contributed by atoms with Crippen LogP contribution in [0.15, 0.2) is 59.6 Å². The molecule has 1 heterocycles. The van der Waals surface area contributed by atoms with Crippen molar-refractivity contribution >= 4 is 22.6 Å². The van der Waals surface area contributed by atoms with Crippen molar-refractivity contribution in [1.82, 2.24) is 0 Å². The van der Waals surface area contributed by atoms with Crippen molar-refractivity contribution < 1.29 is 0 Å². The van der Waals surface area contributed by atoms with Crippen LogP contribution in [0.1, 0.15) is 13.3 Å². The van der Waals surface area contributed by atoms with Gasteiger partial charge in [-0.2, -0.15) is 0 Å². The summed E-state index contributed by atoms with van der Waals surface area (Å²) in [5.74, 6) is 1.10. The first-order valence-corrected chi connectivity index (χ1v) is 7.97. The number of rotatable bonds is 3. The van der Waals surface area contributed by atoms with Crippen molar-refractivity contribution in [3.8, 4) is 11.1 Å². The SMILES string of the molecule is CCC1CSC(Nc2ccc(-c3ccccc3)cc2)=N1. The molecule has 20 heavy (non-hydrogen) atoms. The van der Waals surface area contributed by atoms with Crippen LogP contribution >= 0.6 is 11.8 Å². The van der Waals surface area contributed by atoms with Crippen LogP contribution in [0.5, 0.6) is 0 Å². The quantitative estimate of drug-likeness (QED) is 0.886. The Bertz CT molecular complexity index is 590. The van der Waals surface area contributed by atoms with Crippen molar-refractivity contribution in [2.45, 2.75) is 19.4 Å². The smallest absolute Gasteiger partial charge is 0.161 e. The highest BCUT2D eigenvalue weighted by Gasteiger charge is 2.16. The molecule has 102 valence electrons. The van der Waals surface area contributed by atoms with Crippen molar-refractivity contribution in [3.05, 3.63) is 54.6 Å². The lowest BCUT2D eigenvalue weighted by Gasteiger charge is -2.06. The molecule has 1 aliphatic rings. The van der Waals surface area contributed by atoms with Gasteiger partial charge in [0.05, 0.1) is 6.04 Å². The minimum absolute atomic E-state index is 0.478. The second-order valence-corrected chi connectivity index (χ2v) is 5.88. The lowest BCUT2D eigenvalue weighted by molar-refractivity contribution is 0.738. The molecule has 0 fully saturated rings. The second kappa shape index (κ2) is 6.14. The van der Waals surface area contributed by atoms with E-state index >= 15 is 0 Å². The molecule has 0 aliphatic carbocycles. The van der Waals surface area contributed by atoms with Crippen molar-refractivity contribution in [2.24, 2.45) is 4.99 Å². The topological polar surface area (TPSA) is 24.4 Å². The summed E-state index contributed by atoms with van der Waals surface area (Å²) in [4.78, 5) is 4.65. The van der Waals surface area contributed by atoms with E-state index in [0.29, 0.717) is 6.04 Å². The Morgan fingerprint density at radius 2 is 1.75 bits per heavy atom. The van der Waals surface area contributed by atoms with Gasteiger partial charge in [0.25, 0.3) is 0 Å². The van der Waals surface area contributed by atoms with Gasteiger partial charge < -0.3 is 5.32 Å². The molecule has 2 aromatic rings. The molecule has 0 aromatic heterocycles. The van der Waals surface area contributed by atoms with Crippen LogP contribution in [0.4, 0.5) is 5.69 Å². The van der Waals surface area contributed by atoms with E-state index in [2.05, 4.69) is 65.8 Å². The van der Waals surface area contributed by atoms with Gasteiger partial charge in [-0.15, -0.1) is 0 Å². The number of hydrogen-bond donors (Lipinski definition) is 1. The fraction of sp³-hybridized carbons (Fsp3) is 0.235. The summed E-state index contributed by atoms with van der Waals surface area (Å²) in [7, 11) is 0. The molecule has 3 heteroatoms. The summed E-state index contributed by atoms with van der Waals surface area (Å²) in [5.41, 5.74) is 3.59. The number of anilines is 1. The summed E-state index contributed by atoms with van der Waals surface area (Å²) >= 11 is 1.81. The average Bonchev–Trinajstić information content (AvgIpc) is 2.97. The lowest BCUT2D eigenvalue weighted by atomic mass is 10.1. The lowest BCUT2D eigenvalue weighted by Crippen LogP contribution is -2.05. The number of benzene rings is 2. The van der Waals surface area contributed by atoms with Crippen LogP contribution in [-0.4, -0.2) is 17.0 Å². The van der Waals surface area contributed by atoms with Crippen LogP contribution in [-0.2, 0) is 0 Å². The molecular formula is C17H18N2S. The van der Waals surface area contributed by atoms with Crippen molar-refractivity contribution in [1.29, 1.82) is 0 Å². The minimum Gasteiger partial charge on any atom is -0.335 e. The number of nitrogens with zero attached hydrogens (tertiary/aromatic N) is 1. The van der Waals surface area contributed by atoms with Crippen LogP contribution in [0.25, 0.3) is 11.1 Å². The van der Waals surface area contributed by atoms with Gasteiger partial charge in [-0.3, -0.25) is 4.99 Å². The Labute approximate surface area is 124 Å². The predicted octanol–water partition coefficient (Wildman–Crippen LogP) is 4.65. The van der Waals surface area contributed by atoms with Crippen LogP contribution in [0.2, 0.25) is 0 Å². The molecular weight excluding hydrogens is 264 g/mol. The van der Waals surface area contributed by atoms with Crippen molar-refractivity contribution in [2.75, 3.05) is 11.1 Å². The zero-order valence-electron chi connectivity index (χ0n) is 11.5. The highest BCUT2D eigenvalue weighted by atomic mass is 32.2. The first-order chi connectivity index (χ1) is 9.85. The van der Waals surface area contributed by atoms with Crippen LogP contribution in [0.3, 0.4) is 0 Å². The van der Waals surface area contributed by atoms with Crippen molar-refractivity contribution in [3.63, 3.8) is 0 Å². The largest absolute Gasteiger partial charge is 0.335 e. The van der Waals surface area contributed by atoms with Crippen LogP contribution in [0, 0.1) is 0 Å². The van der Waals surface area contributed by atoms with Gasteiger partial charge >= 0.3 is 0 Å². The summed E-state index contributed by atoms with van der Waals surface area (Å²) in [6.45, 7) is 2.19. The van der Waals surface area contributed by atoms with Gasteiger partial charge in [-0.05, 0) is 29.7 Å². The number of thioether (sulfide) groups is 1. The van der Waals surface area contributed by atoms with Gasteiger partial charge in [0.15, 0.2) is 5.17 Å². The third-order valence-corrected chi connectivity index (χ3v) is 4.46. The van der Waals surface area contributed by atoms with E-state index in [9.17, 15) is 0 Å². The van der Waals surface area contributed by atoms with E-state index in [0.717, 1.165) is 23.0 Å². The molecule has 0 amide bonds. The van der Waals surface area contributed by atoms with E-state index in [1.165, 1.54) is 11.1 Å². The zero-order valence-corrected chi connectivity index (χ0v) is 12.4. The number of amidine groups is 1. The molecule has 0 saturated carbocycles. The molecule has 2 nitrogen and oxygen atoms in total. The molecule has 1 N–H and O–H groups in total. The molecule has 0 bridgehead atoms. The Balaban J connectivity index is 1.71. The highest BCUT2D eigenvalue weighted by molar-refractivity contribution is 8.14. The third-order valence-electron chi connectivity index (χ3n) is 3.43. The molecule has 3 rings (SSSR count). The fourth-order valence-corrected chi connectivity index (χ4v) is 3.27. The molecule has 0 radical (unpaired) electrons. The summed E-state index contributed by atoms with van der Waals surface area (Å²) < 4.78 is 0. The van der Waals surface area contributed by atoms with Gasteiger partial charge in [-0.1, -0.05) is 61.2 Å². The van der Waals surface area contributed by atoms with E-state index in [1.807, 2.05) is 17.8 Å². The first kappa shape index (κ1) is 13.3. The Morgan fingerprint density at radius 1 is 1.05 bits per heavy atom. The first-order valence-electron chi connectivity index (χ1n) is 6.98. The monoisotopic (exact) mass is 282 g/mol. The molecule has 1 aliphatic heterocycles. The fourth-order valence-electron chi connectivity index (χ4n) is 2.19. The van der Waals surface area contributed by atoms with Gasteiger partial charge in [0.1, 0.15) is 0 Å². The number of hydrogen-bond acceptors (Lipinski definition) is 3. The standard InChI is InChI=1S/C17H18N2S/c1-2-15-12-20-17(18-15)19-16-10-8-14(9-11-16)13-6-4-3-5-7-13/h3-11,15H,2,12H2,1H3,(H,18,19). The predicted molar refractivity (Wildman–Crippen MR) is 89.5 cm³/mol. The van der Waals surface area contributed by atoms with E-state index < -0.39 is 0 Å². The number of nitrogens with one attached hydrogen (secondary N) is 1. The van der Waals surface area contributed by atoms with Gasteiger partial charge in [0, 0.05) is 11.4 Å². The van der Waals surface area contributed by atoms with E-state index in [4.69, 9.17) is 0 Å². The molecule has 0 spiro atoms. The Hall–Kier alpha value is -1.74. The van der Waals surface area contributed by atoms with Gasteiger partial charge in [0.2, 0.25) is 0 Å². The normalized spacial score (nSPS) is 17.9. The zero-order chi connectivity index (χ0) is 13.8. The summed E-state index contributed by atoms with van der Waals surface area (Å²) in [5, 5.41) is 4.44. The third kappa shape index (κ3) is 3.05. The van der Waals surface area contributed by atoms with Crippen LogP contribution < -0.4 is 5.32 Å². The number of aliphatic imine (C=N–C) groups is 1. The molecule has 0 saturated heterocycles. The van der Waals surface area contributed by atoms with E-state index in [-0.39, 0.29) is 0 Å². The molecule has 1 atom stereocenters. The summed E-state index contributed by atoms with van der Waals surface area (Å²) in [6.07, 6.45) is 1.12. The Morgan fingerprint density at radius 3 is 2.40 bits per heavy atom. The molecule has 2 aromatic carbocycles. The minimum atomic E-state index is 0.478. The van der Waals surface area contributed by atoms with Gasteiger partial charge in [-0.25, -0.2) is 0 Å². The second-order valence-electron chi connectivity index (χ2n) is 4.88. The maximum absolute atomic E-state index is 4.65. The summed E-state index contributed by atoms with van der Waals surface area (Å²) in [6, 6.07) is 19.4. The molecule has 1 unspecified atom stereocenters. The maximum Gasteiger partial charge on any atom is 0.161 e. The Kier molecular flexibility index (Phi) is 4.07. The highest BCUT2D eigenvalue weighted by Crippen LogP contribution is 2.24.